The maximum absolute atomic E-state index is 9.21. The van der Waals surface area contributed by atoms with Gasteiger partial charge in [-0.3, -0.25) is 0 Å². The van der Waals surface area contributed by atoms with Crippen molar-refractivity contribution in [3.8, 4) is 0 Å². The molecule has 65 valence electrons. The van der Waals surface area contributed by atoms with Gasteiger partial charge >= 0.3 is 0 Å². The first-order valence-corrected chi connectivity index (χ1v) is 4.67. The molecule has 0 aromatic rings. The molecule has 0 atom stereocenters. The zero-order valence-corrected chi connectivity index (χ0v) is 7.29. The summed E-state index contributed by atoms with van der Waals surface area (Å²) in [6, 6.07) is 0.554. The van der Waals surface area contributed by atoms with E-state index in [0.29, 0.717) is 6.04 Å². The van der Waals surface area contributed by atoms with Crippen LogP contribution in [-0.2, 0) is 0 Å². The Balaban J connectivity index is 2.07. The summed E-state index contributed by atoms with van der Waals surface area (Å²) in [4.78, 5) is 0. The molecule has 1 aliphatic carbocycles. The van der Waals surface area contributed by atoms with Crippen molar-refractivity contribution >= 4 is 0 Å². The summed E-state index contributed by atoms with van der Waals surface area (Å²) in [7, 11) is 0. The second-order valence-electron chi connectivity index (χ2n) is 3.37. The third-order valence-corrected chi connectivity index (χ3v) is 2.28. The van der Waals surface area contributed by atoms with Crippen molar-refractivity contribution in [1.82, 2.24) is 5.32 Å². The predicted molar refractivity (Wildman–Crippen MR) is 45.6 cm³/mol. The summed E-state index contributed by atoms with van der Waals surface area (Å²) in [6.45, 7) is 3.15. The number of aliphatic hydroxyl groups is 1. The summed E-state index contributed by atoms with van der Waals surface area (Å²) >= 11 is 0. The van der Waals surface area contributed by atoms with E-state index >= 15 is 0 Å². The quantitative estimate of drug-likeness (QED) is 0.656. The largest absolute Gasteiger partial charge is 0.393 e. The van der Waals surface area contributed by atoms with E-state index in [1.54, 1.807) is 0 Å². The zero-order valence-electron chi connectivity index (χ0n) is 7.29. The topological polar surface area (TPSA) is 34.3 Å². The maximum atomic E-state index is 9.21. The lowest BCUT2D eigenvalue weighted by atomic mass is 9.93. The second kappa shape index (κ2) is 4.73. The molecule has 0 spiro atoms. The van der Waals surface area contributed by atoms with Crippen molar-refractivity contribution in [3.05, 3.63) is 0 Å². The first kappa shape index (κ1) is 9.01. The highest BCUT2D eigenvalue weighted by Crippen LogP contribution is 2.18. The summed E-state index contributed by atoms with van der Waals surface area (Å²) in [5, 5.41) is 13.7. The van der Waals surface area contributed by atoms with Gasteiger partial charge in [0.15, 0.2) is 0 Å². The molecule has 0 aromatic carbocycles. The Hall–Kier alpha value is -0.0800. The highest BCUT2D eigenvalue weighted by molar-refractivity contribution is 4.75. The molecule has 0 aliphatic heterocycles. The van der Waals surface area contributed by atoms with Crippen molar-refractivity contribution in [2.24, 2.45) is 0 Å². The molecule has 1 N–H and O–H groups in total. The Kier molecular flexibility index (Phi) is 3.87. The van der Waals surface area contributed by atoms with Gasteiger partial charge in [0.2, 0.25) is 0 Å². The zero-order chi connectivity index (χ0) is 8.10. The van der Waals surface area contributed by atoms with Crippen LogP contribution in [0.2, 0.25) is 0 Å². The Morgan fingerprint density at radius 1 is 1.27 bits per heavy atom. The van der Waals surface area contributed by atoms with Crippen LogP contribution in [0.25, 0.3) is 0 Å². The molecular weight excluding hydrogens is 138 g/mol. The molecule has 1 radical (unpaired) electrons. The molecule has 1 aliphatic rings. The van der Waals surface area contributed by atoms with E-state index in [1.807, 2.05) is 0 Å². The molecular formula is C9H18NO. The molecule has 0 heterocycles. The summed E-state index contributed by atoms with van der Waals surface area (Å²) in [5.41, 5.74) is 0. The predicted octanol–water partition coefficient (Wildman–Crippen LogP) is 1.30. The van der Waals surface area contributed by atoms with Gasteiger partial charge in [-0.05, 0) is 32.1 Å². The molecule has 2 nitrogen and oxygen atoms in total. The monoisotopic (exact) mass is 156 g/mol. The maximum Gasteiger partial charge on any atom is 0.0541 e. The Morgan fingerprint density at radius 2 is 1.91 bits per heavy atom. The van der Waals surface area contributed by atoms with E-state index in [9.17, 15) is 5.11 Å². The van der Waals surface area contributed by atoms with Gasteiger partial charge in [-0.1, -0.05) is 6.92 Å². The number of nitrogens with zero attached hydrogens (tertiary/aromatic N) is 1. The number of hydrogen-bond acceptors (Lipinski definition) is 1. The lowest BCUT2D eigenvalue weighted by Crippen LogP contribution is -2.30. The van der Waals surface area contributed by atoms with Crippen molar-refractivity contribution in [1.29, 1.82) is 0 Å². The molecule has 1 fully saturated rings. The standard InChI is InChI=1S/C9H18NO/c1-2-7-10-8-3-5-9(11)6-4-8/h8-9,11H,2-7H2,1H3. The summed E-state index contributed by atoms with van der Waals surface area (Å²) in [6.07, 6.45) is 5.22. The van der Waals surface area contributed by atoms with Gasteiger partial charge in [0.05, 0.1) is 6.10 Å². The number of rotatable bonds is 3. The van der Waals surface area contributed by atoms with Crippen LogP contribution in [0.5, 0.6) is 0 Å². The third-order valence-electron chi connectivity index (χ3n) is 2.28. The number of hydrogen-bond donors (Lipinski definition) is 1. The van der Waals surface area contributed by atoms with Gasteiger partial charge in [-0.2, -0.15) is 0 Å². The Morgan fingerprint density at radius 3 is 2.45 bits per heavy atom. The minimum absolute atomic E-state index is 0.0388. The van der Waals surface area contributed by atoms with Crippen LogP contribution in [0, 0.1) is 0 Å². The second-order valence-corrected chi connectivity index (χ2v) is 3.37. The molecule has 1 rings (SSSR count). The molecule has 1 saturated carbocycles. The molecule has 0 saturated heterocycles. The van der Waals surface area contributed by atoms with Gasteiger partial charge in [-0.15, -0.1) is 0 Å². The van der Waals surface area contributed by atoms with Crippen molar-refractivity contribution in [2.45, 2.75) is 51.2 Å². The lowest BCUT2D eigenvalue weighted by molar-refractivity contribution is 0.116. The molecule has 0 amide bonds. The lowest BCUT2D eigenvalue weighted by Gasteiger charge is -2.24. The molecule has 2 heteroatoms. The average Bonchev–Trinajstić information content (AvgIpc) is 2.04. The van der Waals surface area contributed by atoms with Crippen molar-refractivity contribution in [3.63, 3.8) is 0 Å². The van der Waals surface area contributed by atoms with E-state index in [2.05, 4.69) is 12.2 Å². The minimum Gasteiger partial charge on any atom is -0.393 e. The first-order valence-electron chi connectivity index (χ1n) is 4.67. The van der Waals surface area contributed by atoms with Crippen LogP contribution < -0.4 is 5.32 Å². The van der Waals surface area contributed by atoms with E-state index < -0.39 is 0 Å². The van der Waals surface area contributed by atoms with Crippen LogP contribution in [0.15, 0.2) is 0 Å². The summed E-state index contributed by atoms with van der Waals surface area (Å²) < 4.78 is 0. The van der Waals surface area contributed by atoms with Gasteiger partial charge in [-0.25, -0.2) is 5.32 Å². The number of aliphatic hydroxyl groups excluding tert-OH is 1. The fraction of sp³-hybridized carbons (Fsp3) is 1.00. The fourth-order valence-electron chi connectivity index (χ4n) is 1.55. The van der Waals surface area contributed by atoms with Crippen LogP contribution in [-0.4, -0.2) is 23.8 Å². The van der Waals surface area contributed by atoms with E-state index in [4.69, 9.17) is 0 Å². The highest BCUT2D eigenvalue weighted by atomic mass is 16.3. The van der Waals surface area contributed by atoms with Gasteiger partial charge < -0.3 is 5.11 Å². The SMILES string of the molecule is CCC[N]C1CCC(O)CC1. The molecule has 0 aromatic heterocycles. The van der Waals surface area contributed by atoms with Gasteiger partial charge in [0.1, 0.15) is 0 Å². The third kappa shape index (κ3) is 3.21. The normalized spacial score (nSPS) is 32.2. The molecule has 11 heavy (non-hydrogen) atoms. The fourth-order valence-corrected chi connectivity index (χ4v) is 1.55. The smallest absolute Gasteiger partial charge is 0.0541 e. The molecule has 0 unspecified atom stereocenters. The van der Waals surface area contributed by atoms with E-state index in [-0.39, 0.29) is 6.10 Å². The minimum atomic E-state index is -0.0388. The van der Waals surface area contributed by atoms with E-state index in [0.717, 1.165) is 38.6 Å². The summed E-state index contributed by atoms with van der Waals surface area (Å²) in [5.74, 6) is 0. The van der Waals surface area contributed by atoms with Crippen molar-refractivity contribution < 1.29 is 5.11 Å². The van der Waals surface area contributed by atoms with Gasteiger partial charge in [0.25, 0.3) is 0 Å². The van der Waals surface area contributed by atoms with Crippen LogP contribution in [0.4, 0.5) is 0 Å². The van der Waals surface area contributed by atoms with Crippen molar-refractivity contribution in [2.75, 3.05) is 6.54 Å². The Labute approximate surface area is 69.0 Å². The van der Waals surface area contributed by atoms with Gasteiger partial charge in [0, 0.05) is 12.6 Å². The van der Waals surface area contributed by atoms with Crippen LogP contribution in [0.3, 0.4) is 0 Å². The molecule has 0 bridgehead atoms. The first-order chi connectivity index (χ1) is 5.33. The average molecular weight is 156 g/mol. The Bertz CT molecular complexity index is 95.0. The van der Waals surface area contributed by atoms with Crippen LogP contribution in [0.1, 0.15) is 39.0 Å². The highest BCUT2D eigenvalue weighted by Gasteiger charge is 2.18. The van der Waals surface area contributed by atoms with E-state index in [1.165, 1.54) is 0 Å². The van der Waals surface area contributed by atoms with Crippen LogP contribution >= 0.6 is 0 Å².